The largest absolute Gasteiger partial charge is 0.370 e. The SMILES string of the molecule is CN(C)C(CCCCCS)CCC(N)=O. The second-order valence-corrected chi connectivity index (χ2v) is 4.64. The van der Waals surface area contributed by atoms with Crippen LogP contribution in [-0.2, 0) is 4.79 Å². The summed E-state index contributed by atoms with van der Waals surface area (Å²) in [4.78, 5) is 12.9. The van der Waals surface area contributed by atoms with Crippen LogP contribution in [0.5, 0.6) is 0 Å². The molecule has 0 fully saturated rings. The Kier molecular flexibility index (Phi) is 8.91. The lowest BCUT2D eigenvalue weighted by Crippen LogP contribution is -2.29. The summed E-state index contributed by atoms with van der Waals surface area (Å²) >= 11 is 4.18. The highest BCUT2D eigenvalue weighted by Gasteiger charge is 2.11. The Labute approximate surface area is 98.8 Å². The number of thiol groups is 1. The molecule has 90 valence electrons. The van der Waals surface area contributed by atoms with Crippen molar-refractivity contribution in [3.05, 3.63) is 0 Å². The zero-order valence-electron chi connectivity index (χ0n) is 9.91. The van der Waals surface area contributed by atoms with Crippen LogP contribution in [0.3, 0.4) is 0 Å². The second kappa shape index (κ2) is 9.04. The van der Waals surface area contributed by atoms with E-state index in [4.69, 9.17) is 5.73 Å². The van der Waals surface area contributed by atoms with Crippen molar-refractivity contribution in [2.45, 2.75) is 44.6 Å². The van der Waals surface area contributed by atoms with E-state index in [-0.39, 0.29) is 5.91 Å². The molecule has 0 aliphatic rings. The molecule has 0 saturated heterocycles. The third kappa shape index (κ3) is 8.75. The van der Waals surface area contributed by atoms with Gasteiger partial charge in [0.05, 0.1) is 0 Å². The molecular formula is C11H24N2OS. The summed E-state index contributed by atoms with van der Waals surface area (Å²) in [5, 5.41) is 0. The van der Waals surface area contributed by atoms with E-state index in [1.807, 2.05) is 0 Å². The second-order valence-electron chi connectivity index (χ2n) is 4.20. The van der Waals surface area contributed by atoms with Crippen LogP contribution in [0.4, 0.5) is 0 Å². The molecule has 1 amide bonds. The number of nitrogens with two attached hydrogens (primary N) is 1. The summed E-state index contributed by atoms with van der Waals surface area (Å²) in [7, 11) is 4.12. The lowest BCUT2D eigenvalue weighted by atomic mass is 10.0. The number of amides is 1. The zero-order valence-corrected chi connectivity index (χ0v) is 10.8. The van der Waals surface area contributed by atoms with Crippen molar-refractivity contribution in [1.29, 1.82) is 0 Å². The molecule has 3 nitrogen and oxygen atoms in total. The number of nitrogens with zero attached hydrogens (tertiary/aromatic N) is 1. The predicted octanol–water partition coefficient (Wildman–Crippen LogP) is 1.67. The Morgan fingerprint density at radius 3 is 2.40 bits per heavy atom. The molecule has 2 N–H and O–H groups in total. The van der Waals surface area contributed by atoms with Gasteiger partial charge in [-0.25, -0.2) is 0 Å². The minimum atomic E-state index is -0.197. The molecule has 0 aromatic rings. The summed E-state index contributed by atoms with van der Waals surface area (Å²) in [6, 6.07) is 0.484. The van der Waals surface area contributed by atoms with Crippen LogP contribution in [0.1, 0.15) is 38.5 Å². The molecule has 4 heteroatoms. The molecule has 0 saturated carbocycles. The molecular weight excluding hydrogens is 208 g/mol. The number of carbonyl (C=O) groups excluding carboxylic acids is 1. The Hall–Kier alpha value is -0.220. The van der Waals surface area contributed by atoms with Gasteiger partial charge < -0.3 is 10.6 Å². The maximum atomic E-state index is 10.7. The maximum Gasteiger partial charge on any atom is 0.217 e. The van der Waals surface area contributed by atoms with E-state index in [1.54, 1.807) is 0 Å². The van der Waals surface area contributed by atoms with E-state index < -0.39 is 0 Å². The van der Waals surface area contributed by atoms with E-state index in [1.165, 1.54) is 19.3 Å². The molecule has 0 aromatic heterocycles. The van der Waals surface area contributed by atoms with Crippen LogP contribution in [0.2, 0.25) is 0 Å². The predicted molar refractivity (Wildman–Crippen MR) is 68.2 cm³/mol. The van der Waals surface area contributed by atoms with Crippen molar-refractivity contribution in [3.63, 3.8) is 0 Å². The first-order valence-corrected chi connectivity index (χ1v) is 6.26. The van der Waals surface area contributed by atoms with Gasteiger partial charge in [-0.05, 0) is 39.1 Å². The average Bonchev–Trinajstić information content (AvgIpc) is 2.15. The van der Waals surface area contributed by atoms with Crippen molar-refractivity contribution in [2.24, 2.45) is 5.73 Å². The average molecular weight is 232 g/mol. The molecule has 0 radical (unpaired) electrons. The fourth-order valence-corrected chi connectivity index (χ4v) is 1.86. The molecule has 0 aliphatic carbocycles. The first-order chi connectivity index (χ1) is 7.07. The zero-order chi connectivity index (χ0) is 11.7. The summed E-state index contributed by atoms with van der Waals surface area (Å²) in [5.74, 6) is 0.769. The standard InChI is InChI=1S/C11H24N2OS/c1-13(2)10(7-8-11(12)14)6-4-3-5-9-15/h10,15H,3-9H2,1-2H3,(H2,12,14). The Balaban J connectivity index is 3.68. The topological polar surface area (TPSA) is 46.3 Å². The van der Waals surface area contributed by atoms with Gasteiger partial charge in [0.2, 0.25) is 5.91 Å². The summed E-state index contributed by atoms with van der Waals surface area (Å²) < 4.78 is 0. The third-order valence-electron chi connectivity index (χ3n) is 2.65. The molecule has 1 unspecified atom stereocenters. The highest BCUT2D eigenvalue weighted by molar-refractivity contribution is 7.80. The fourth-order valence-electron chi connectivity index (χ4n) is 1.64. The van der Waals surface area contributed by atoms with Gasteiger partial charge in [0.1, 0.15) is 0 Å². The molecule has 0 spiro atoms. The number of hydrogen-bond acceptors (Lipinski definition) is 3. The normalized spacial score (nSPS) is 13.1. The molecule has 1 atom stereocenters. The number of unbranched alkanes of at least 4 members (excludes halogenated alkanes) is 2. The van der Waals surface area contributed by atoms with Crippen molar-refractivity contribution >= 4 is 18.5 Å². The first-order valence-electron chi connectivity index (χ1n) is 5.63. The summed E-state index contributed by atoms with van der Waals surface area (Å²) in [6.07, 6.45) is 6.14. The highest BCUT2D eigenvalue weighted by atomic mass is 32.1. The van der Waals surface area contributed by atoms with Crippen molar-refractivity contribution in [2.75, 3.05) is 19.8 Å². The summed E-state index contributed by atoms with van der Waals surface area (Å²) in [6.45, 7) is 0. The van der Waals surface area contributed by atoms with Crippen molar-refractivity contribution in [3.8, 4) is 0 Å². The monoisotopic (exact) mass is 232 g/mol. The lowest BCUT2D eigenvalue weighted by Gasteiger charge is -2.23. The number of rotatable bonds is 9. The van der Waals surface area contributed by atoms with Crippen LogP contribution in [0.25, 0.3) is 0 Å². The molecule has 0 aliphatic heterocycles. The molecule has 0 aromatic carbocycles. The fraction of sp³-hybridized carbons (Fsp3) is 0.909. The van der Waals surface area contributed by atoms with Crippen LogP contribution < -0.4 is 5.73 Å². The van der Waals surface area contributed by atoms with Gasteiger partial charge in [-0.1, -0.05) is 12.8 Å². The Morgan fingerprint density at radius 1 is 1.27 bits per heavy atom. The van der Waals surface area contributed by atoms with Gasteiger partial charge in [0.25, 0.3) is 0 Å². The number of hydrogen-bond donors (Lipinski definition) is 2. The molecule has 0 rings (SSSR count). The van der Waals surface area contributed by atoms with Crippen LogP contribution in [0.15, 0.2) is 0 Å². The molecule has 0 heterocycles. The van der Waals surface area contributed by atoms with Gasteiger partial charge in [0, 0.05) is 12.5 Å². The van der Waals surface area contributed by atoms with E-state index in [2.05, 4.69) is 31.6 Å². The highest BCUT2D eigenvalue weighted by Crippen LogP contribution is 2.12. The van der Waals surface area contributed by atoms with Gasteiger partial charge >= 0.3 is 0 Å². The van der Waals surface area contributed by atoms with E-state index >= 15 is 0 Å². The van der Waals surface area contributed by atoms with Crippen molar-refractivity contribution in [1.82, 2.24) is 4.90 Å². The molecule has 15 heavy (non-hydrogen) atoms. The van der Waals surface area contributed by atoms with E-state index in [0.717, 1.165) is 18.6 Å². The number of carbonyl (C=O) groups is 1. The van der Waals surface area contributed by atoms with Gasteiger partial charge in [-0.2, -0.15) is 12.6 Å². The van der Waals surface area contributed by atoms with Crippen molar-refractivity contribution < 1.29 is 4.79 Å². The minimum Gasteiger partial charge on any atom is -0.370 e. The van der Waals surface area contributed by atoms with Crippen LogP contribution in [0, 0.1) is 0 Å². The lowest BCUT2D eigenvalue weighted by molar-refractivity contribution is -0.118. The van der Waals surface area contributed by atoms with Crippen LogP contribution >= 0.6 is 12.6 Å². The Bertz CT molecular complexity index is 174. The summed E-state index contributed by atoms with van der Waals surface area (Å²) in [5.41, 5.74) is 5.15. The third-order valence-corrected chi connectivity index (χ3v) is 2.97. The molecule has 0 bridgehead atoms. The van der Waals surface area contributed by atoms with Gasteiger partial charge in [-0.3, -0.25) is 4.79 Å². The first kappa shape index (κ1) is 14.8. The van der Waals surface area contributed by atoms with Crippen LogP contribution in [-0.4, -0.2) is 36.7 Å². The van der Waals surface area contributed by atoms with E-state index in [0.29, 0.717) is 12.5 Å². The maximum absolute atomic E-state index is 10.7. The number of primary amides is 1. The quantitative estimate of drug-likeness (QED) is 0.469. The smallest absolute Gasteiger partial charge is 0.217 e. The minimum absolute atomic E-state index is 0.197. The Morgan fingerprint density at radius 2 is 1.93 bits per heavy atom. The van der Waals surface area contributed by atoms with Gasteiger partial charge in [-0.15, -0.1) is 0 Å². The van der Waals surface area contributed by atoms with E-state index in [9.17, 15) is 4.79 Å². The van der Waals surface area contributed by atoms with Gasteiger partial charge in [0.15, 0.2) is 0 Å².